The molecule has 32 heavy (non-hydrogen) atoms. The molecule has 4 rings (SSSR count). The van der Waals surface area contributed by atoms with Gasteiger partial charge in [0, 0.05) is 31.7 Å². The molecule has 2 aromatic carbocycles. The van der Waals surface area contributed by atoms with Gasteiger partial charge in [0.2, 0.25) is 11.8 Å². The van der Waals surface area contributed by atoms with Crippen molar-refractivity contribution in [2.24, 2.45) is 5.92 Å². The Hall–Kier alpha value is -3.35. The Morgan fingerprint density at radius 3 is 2.44 bits per heavy atom. The lowest BCUT2D eigenvalue weighted by Crippen LogP contribution is -2.43. The van der Waals surface area contributed by atoms with Gasteiger partial charge in [0.05, 0.1) is 6.54 Å². The van der Waals surface area contributed by atoms with E-state index in [1.807, 2.05) is 57.2 Å². The topological polar surface area (TPSA) is 78.7 Å². The number of benzene rings is 2. The number of fused-ring (bicyclic) bond motifs is 1. The largest absolute Gasteiger partial charge is 0.423 e. The second kappa shape index (κ2) is 9.02. The van der Waals surface area contributed by atoms with Crippen LogP contribution in [-0.4, -0.2) is 48.4 Å². The highest BCUT2D eigenvalue weighted by Crippen LogP contribution is 2.27. The van der Waals surface area contributed by atoms with Gasteiger partial charge in [-0.2, -0.15) is 4.98 Å². The smallest absolute Gasteiger partial charge is 0.298 e. The summed E-state index contributed by atoms with van der Waals surface area (Å²) in [6.45, 7) is 7.44. The van der Waals surface area contributed by atoms with Crippen molar-refractivity contribution in [1.82, 2.24) is 9.88 Å². The number of nitrogens with one attached hydrogen (secondary N) is 1. The molecule has 0 radical (unpaired) electrons. The van der Waals surface area contributed by atoms with Gasteiger partial charge in [-0.25, -0.2) is 0 Å². The second-order valence-electron chi connectivity index (χ2n) is 8.74. The van der Waals surface area contributed by atoms with Crippen molar-refractivity contribution in [3.8, 4) is 0 Å². The van der Waals surface area contributed by atoms with E-state index in [1.54, 1.807) is 7.05 Å². The third-order valence-corrected chi connectivity index (χ3v) is 6.10. The number of carbonyl (C=O) groups is 2. The van der Waals surface area contributed by atoms with Crippen LogP contribution in [0, 0.1) is 26.7 Å². The van der Waals surface area contributed by atoms with E-state index >= 15 is 0 Å². The Bertz CT molecular complexity index is 1090. The van der Waals surface area contributed by atoms with Gasteiger partial charge in [0.1, 0.15) is 5.52 Å². The van der Waals surface area contributed by atoms with Gasteiger partial charge < -0.3 is 19.5 Å². The van der Waals surface area contributed by atoms with Gasteiger partial charge in [-0.05, 0) is 56.9 Å². The number of amides is 2. The van der Waals surface area contributed by atoms with Crippen molar-refractivity contribution >= 4 is 34.6 Å². The van der Waals surface area contributed by atoms with Crippen LogP contribution in [0.3, 0.4) is 0 Å². The molecular formula is C25H30N4O3. The summed E-state index contributed by atoms with van der Waals surface area (Å²) in [4.78, 5) is 33.7. The molecule has 2 amide bonds. The molecule has 0 atom stereocenters. The van der Waals surface area contributed by atoms with E-state index in [2.05, 4.69) is 15.2 Å². The lowest BCUT2D eigenvalue weighted by molar-refractivity contribution is -0.137. The van der Waals surface area contributed by atoms with Crippen LogP contribution in [0.1, 0.15) is 29.5 Å². The van der Waals surface area contributed by atoms with Gasteiger partial charge in [0.25, 0.3) is 6.01 Å². The van der Waals surface area contributed by atoms with E-state index in [1.165, 1.54) is 4.90 Å². The Morgan fingerprint density at radius 1 is 1.12 bits per heavy atom. The van der Waals surface area contributed by atoms with E-state index in [0.29, 0.717) is 31.9 Å². The van der Waals surface area contributed by atoms with Gasteiger partial charge in [0.15, 0.2) is 5.58 Å². The summed E-state index contributed by atoms with van der Waals surface area (Å²) < 4.78 is 5.85. The highest BCUT2D eigenvalue weighted by Gasteiger charge is 2.29. The van der Waals surface area contributed by atoms with Crippen molar-refractivity contribution in [2.45, 2.75) is 33.6 Å². The van der Waals surface area contributed by atoms with Crippen LogP contribution in [0.5, 0.6) is 0 Å². The molecule has 1 aromatic heterocycles. The molecule has 0 bridgehead atoms. The molecule has 0 aliphatic carbocycles. The summed E-state index contributed by atoms with van der Waals surface area (Å²) in [6, 6.07) is 12.4. The molecule has 0 saturated carbocycles. The fraction of sp³-hybridized carbons (Fsp3) is 0.400. The lowest BCUT2D eigenvalue weighted by Gasteiger charge is -2.32. The predicted octanol–water partition coefficient (Wildman–Crippen LogP) is 4.07. The maximum atomic E-state index is 12.9. The first-order chi connectivity index (χ1) is 15.3. The number of hydrogen-bond donors (Lipinski definition) is 1. The number of carbonyl (C=O) groups excluding carboxylic acids is 2. The summed E-state index contributed by atoms with van der Waals surface area (Å²) >= 11 is 0. The fourth-order valence-corrected chi connectivity index (χ4v) is 4.47. The average Bonchev–Trinajstić information content (AvgIpc) is 3.20. The summed E-state index contributed by atoms with van der Waals surface area (Å²) in [5.41, 5.74) is 5.64. The summed E-state index contributed by atoms with van der Waals surface area (Å²) in [5.74, 6) is -0.272. The normalized spacial score (nSPS) is 14.6. The number of hydrogen-bond acceptors (Lipinski definition) is 5. The molecule has 168 valence electrons. The zero-order chi connectivity index (χ0) is 22.8. The van der Waals surface area contributed by atoms with Gasteiger partial charge in [-0.3, -0.25) is 9.59 Å². The van der Waals surface area contributed by atoms with E-state index in [0.717, 1.165) is 33.5 Å². The minimum atomic E-state index is -0.181. The molecule has 1 fully saturated rings. The van der Waals surface area contributed by atoms with Gasteiger partial charge in [-0.1, -0.05) is 29.8 Å². The molecule has 0 unspecified atom stereocenters. The zero-order valence-electron chi connectivity index (χ0n) is 19.1. The number of nitrogens with zero attached hydrogens (tertiary/aromatic N) is 3. The van der Waals surface area contributed by atoms with E-state index in [4.69, 9.17) is 4.42 Å². The van der Waals surface area contributed by atoms with Crippen molar-refractivity contribution in [1.29, 1.82) is 0 Å². The Labute approximate surface area is 188 Å². The first kappa shape index (κ1) is 21.9. The van der Waals surface area contributed by atoms with E-state index in [9.17, 15) is 9.59 Å². The van der Waals surface area contributed by atoms with Crippen LogP contribution in [0.25, 0.3) is 11.1 Å². The number of para-hydroxylation sites is 2. The molecule has 1 N–H and O–H groups in total. The SMILES string of the molecule is Cc1cc(C)c(NC(=O)CN(C)C(=O)C2CCN(c3nc4ccccc4o3)CC2)c(C)c1. The molecule has 7 nitrogen and oxygen atoms in total. The van der Waals surface area contributed by atoms with Crippen LogP contribution in [-0.2, 0) is 9.59 Å². The zero-order valence-corrected chi connectivity index (χ0v) is 19.1. The number of rotatable bonds is 5. The number of piperidine rings is 1. The highest BCUT2D eigenvalue weighted by molar-refractivity contribution is 5.96. The van der Waals surface area contributed by atoms with E-state index in [-0.39, 0.29) is 24.3 Å². The average molecular weight is 435 g/mol. The van der Waals surface area contributed by atoms with Gasteiger partial charge in [-0.15, -0.1) is 0 Å². The first-order valence-corrected chi connectivity index (χ1v) is 11.0. The minimum absolute atomic E-state index is 0.00900. The Balaban J connectivity index is 1.31. The Kier molecular flexibility index (Phi) is 6.17. The summed E-state index contributed by atoms with van der Waals surface area (Å²) in [7, 11) is 1.70. The third-order valence-electron chi connectivity index (χ3n) is 6.10. The van der Waals surface area contributed by atoms with Gasteiger partial charge >= 0.3 is 0 Å². The van der Waals surface area contributed by atoms with Crippen molar-refractivity contribution in [2.75, 3.05) is 36.9 Å². The van der Waals surface area contributed by atoms with Crippen LogP contribution < -0.4 is 10.2 Å². The molecule has 2 heterocycles. The molecule has 3 aromatic rings. The summed E-state index contributed by atoms with van der Waals surface area (Å²) in [5, 5.41) is 2.97. The molecule has 7 heteroatoms. The molecule has 1 aliphatic rings. The fourth-order valence-electron chi connectivity index (χ4n) is 4.47. The monoisotopic (exact) mass is 434 g/mol. The standard InChI is InChI=1S/C25H30N4O3/c1-16-13-17(2)23(18(3)14-16)27-22(30)15-28(4)24(31)19-9-11-29(12-10-19)25-26-20-7-5-6-8-21(20)32-25/h5-8,13-14,19H,9-12,15H2,1-4H3,(H,27,30). The predicted molar refractivity (Wildman–Crippen MR) is 126 cm³/mol. The number of anilines is 2. The van der Waals surface area contributed by atoms with Crippen LogP contribution in [0.2, 0.25) is 0 Å². The van der Waals surface area contributed by atoms with Crippen molar-refractivity contribution < 1.29 is 14.0 Å². The second-order valence-corrected chi connectivity index (χ2v) is 8.74. The number of aryl methyl sites for hydroxylation is 3. The molecular weight excluding hydrogens is 404 g/mol. The maximum absolute atomic E-state index is 12.9. The van der Waals surface area contributed by atoms with Crippen molar-refractivity contribution in [3.05, 3.63) is 53.1 Å². The lowest BCUT2D eigenvalue weighted by atomic mass is 9.95. The Morgan fingerprint density at radius 2 is 1.78 bits per heavy atom. The molecule has 1 aliphatic heterocycles. The quantitative estimate of drug-likeness (QED) is 0.655. The molecule has 0 spiro atoms. The van der Waals surface area contributed by atoms with Crippen molar-refractivity contribution in [3.63, 3.8) is 0 Å². The third kappa shape index (κ3) is 4.61. The minimum Gasteiger partial charge on any atom is -0.423 e. The number of oxazole rings is 1. The first-order valence-electron chi connectivity index (χ1n) is 11.0. The summed E-state index contributed by atoms with van der Waals surface area (Å²) in [6.07, 6.45) is 1.42. The van der Waals surface area contributed by atoms with E-state index < -0.39 is 0 Å². The van der Waals surface area contributed by atoms with Crippen LogP contribution >= 0.6 is 0 Å². The highest BCUT2D eigenvalue weighted by atomic mass is 16.4. The number of likely N-dealkylation sites (N-methyl/N-ethyl adjacent to an activating group) is 1. The van der Waals surface area contributed by atoms with Crippen LogP contribution in [0.15, 0.2) is 40.8 Å². The molecule has 1 saturated heterocycles. The maximum Gasteiger partial charge on any atom is 0.298 e. The van der Waals surface area contributed by atoms with Crippen LogP contribution in [0.4, 0.5) is 11.7 Å². The number of aromatic nitrogens is 1.